The smallest absolute Gasteiger partial charge is 0.154 e. The van der Waals surface area contributed by atoms with Crippen molar-refractivity contribution in [2.45, 2.75) is 24.8 Å². The highest BCUT2D eigenvalue weighted by atomic mass is 15.1. The minimum atomic E-state index is -0.0430. The van der Waals surface area contributed by atoms with Crippen molar-refractivity contribution >= 4 is 16.9 Å². The average molecular weight is 231 g/mol. The average Bonchev–Trinajstić information content (AvgIpc) is 2.67. The molecule has 2 aromatic heterocycles. The number of nitrogens with zero attached hydrogens (tertiary/aromatic N) is 3. The maximum atomic E-state index is 6.18. The second kappa shape index (κ2) is 3.70. The van der Waals surface area contributed by atoms with E-state index in [1.807, 2.05) is 17.7 Å². The van der Waals surface area contributed by atoms with Crippen LogP contribution in [0.5, 0.6) is 0 Å². The van der Waals surface area contributed by atoms with Crippen molar-refractivity contribution in [2.75, 3.05) is 11.9 Å². The van der Waals surface area contributed by atoms with Gasteiger partial charge in [0.25, 0.3) is 0 Å². The van der Waals surface area contributed by atoms with E-state index in [1.165, 1.54) is 6.42 Å². The van der Waals surface area contributed by atoms with Crippen molar-refractivity contribution < 1.29 is 0 Å². The molecule has 5 nitrogen and oxygen atoms in total. The third-order valence-electron chi connectivity index (χ3n) is 3.60. The Morgan fingerprint density at radius 1 is 1.47 bits per heavy atom. The van der Waals surface area contributed by atoms with Gasteiger partial charge in [-0.3, -0.25) is 0 Å². The first kappa shape index (κ1) is 10.5. The lowest BCUT2D eigenvalue weighted by molar-refractivity contribution is 0.265. The van der Waals surface area contributed by atoms with E-state index in [1.54, 1.807) is 12.5 Å². The summed E-state index contributed by atoms with van der Waals surface area (Å²) in [6, 6.07) is 1.97. The minimum absolute atomic E-state index is 0.0430. The van der Waals surface area contributed by atoms with Crippen LogP contribution in [0, 0.1) is 0 Å². The third kappa shape index (κ3) is 1.76. The van der Waals surface area contributed by atoms with E-state index in [4.69, 9.17) is 5.73 Å². The van der Waals surface area contributed by atoms with Crippen molar-refractivity contribution in [2.24, 2.45) is 12.8 Å². The Balaban J connectivity index is 1.85. The Morgan fingerprint density at radius 3 is 3.00 bits per heavy atom. The molecule has 0 spiro atoms. The number of aryl methyl sites for hydroxylation is 1. The Hall–Kier alpha value is -1.62. The molecule has 2 aromatic rings. The zero-order chi connectivity index (χ0) is 11.9. The quantitative estimate of drug-likeness (QED) is 0.834. The van der Waals surface area contributed by atoms with Crippen LogP contribution in [0.4, 0.5) is 5.82 Å². The van der Waals surface area contributed by atoms with Crippen LogP contribution in [0.2, 0.25) is 0 Å². The van der Waals surface area contributed by atoms with Gasteiger partial charge in [0.2, 0.25) is 0 Å². The zero-order valence-electron chi connectivity index (χ0n) is 9.98. The molecule has 0 atom stereocenters. The molecule has 3 N–H and O–H groups in total. The van der Waals surface area contributed by atoms with Gasteiger partial charge < -0.3 is 15.6 Å². The molecule has 0 unspecified atom stereocenters. The predicted octanol–water partition coefficient (Wildman–Crippen LogP) is 1.26. The number of aromatic nitrogens is 3. The molecule has 0 amide bonds. The molecule has 0 saturated heterocycles. The number of fused-ring (bicyclic) bond motifs is 1. The molecule has 0 aromatic carbocycles. The minimum Gasteiger partial charge on any atom is -0.366 e. The Bertz CT molecular complexity index is 541. The van der Waals surface area contributed by atoms with Gasteiger partial charge in [-0.15, -0.1) is 0 Å². The van der Waals surface area contributed by atoms with Crippen LogP contribution in [0.15, 0.2) is 18.6 Å². The topological polar surface area (TPSA) is 68.8 Å². The predicted molar refractivity (Wildman–Crippen MR) is 67.8 cm³/mol. The molecule has 90 valence electrons. The third-order valence-corrected chi connectivity index (χ3v) is 3.60. The maximum Gasteiger partial charge on any atom is 0.154 e. The molecular weight excluding hydrogens is 214 g/mol. The number of pyridine rings is 1. The van der Waals surface area contributed by atoms with E-state index in [-0.39, 0.29) is 5.54 Å². The number of nitrogens with one attached hydrogen (secondary N) is 1. The van der Waals surface area contributed by atoms with Crippen molar-refractivity contribution in [3.8, 4) is 0 Å². The van der Waals surface area contributed by atoms with Crippen molar-refractivity contribution in [3.05, 3.63) is 18.6 Å². The summed E-state index contributed by atoms with van der Waals surface area (Å²) in [4.78, 5) is 8.70. The molecule has 1 saturated carbocycles. The lowest BCUT2D eigenvalue weighted by Gasteiger charge is -2.38. The molecule has 5 heteroatoms. The Kier molecular flexibility index (Phi) is 2.29. The number of hydrogen-bond acceptors (Lipinski definition) is 4. The number of rotatable bonds is 3. The van der Waals surface area contributed by atoms with Crippen LogP contribution < -0.4 is 11.1 Å². The largest absolute Gasteiger partial charge is 0.366 e. The van der Waals surface area contributed by atoms with E-state index >= 15 is 0 Å². The summed E-state index contributed by atoms with van der Waals surface area (Å²) >= 11 is 0. The second-order valence-electron chi connectivity index (χ2n) is 4.95. The lowest BCUT2D eigenvalue weighted by Crippen LogP contribution is -2.52. The molecule has 0 aliphatic heterocycles. The highest BCUT2D eigenvalue weighted by Crippen LogP contribution is 2.29. The van der Waals surface area contributed by atoms with E-state index in [2.05, 4.69) is 15.3 Å². The lowest BCUT2D eigenvalue weighted by atomic mass is 9.78. The van der Waals surface area contributed by atoms with Gasteiger partial charge in [0, 0.05) is 25.3 Å². The summed E-state index contributed by atoms with van der Waals surface area (Å²) in [6.07, 6.45) is 7.03. The maximum absolute atomic E-state index is 6.18. The number of hydrogen-bond donors (Lipinski definition) is 2. The zero-order valence-corrected chi connectivity index (χ0v) is 9.98. The van der Waals surface area contributed by atoms with Crippen molar-refractivity contribution in [1.82, 2.24) is 14.5 Å². The van der Waals surface area contributed by atoms with Gasteiger partial charge in [-0.05, 0) is 25.3 Å². The van der Waals surface area contributed by atoms with E-state index in [9.17, 15) is 0 Å². The molecule has 0 bridgehead atoms. The first-order chi connectivity index (χ1) is 8.18. The first-order valence-electron chi connectivity index (χ1n) is 5.97. The first-order valence-corrected chi connectivity index (χ1v) is 5.97. The van der Waals surface area contributed by atoms with E-state index in [0.717, 1.165) is 36.2 Å². The van der Waals surface area contributed by atoms with Gasteiger partial charge in [0.15, 0.2) is 5.82 Å². The van der Waals surface area contributed by atoms with Crippen LogP contribution in [-0.4, -0.2) is 26.6 Å². The van der Waals surface area contributed by atoms with Gasteiger partial charge in [-0.25, -0.2) is 9.97 Å². The normalized spacial score (nSPS) is 18.0. The van der Waals surface area contributed by atoms with Crippen molar-refractivity contribution in [3.63, 3.8) is 0 Å². The highest BCUT2D eigenvalue weighted by molar-refractivity contribution is 5.85. The molecular formula is C12H17N5. The molecule has 1 fully saturated rings. The molecule has 0 radical (unpaired) electrons. The van der Waals surface area contributed by atoms with Crippen LogP contribution in [-0.2, 0) is 7.05 Å². The monoisotopic (exact) mass is 231 g/mol. The number of nitrogens with two attached hydrogens (primary N) is 1. The number of anilines is 1. The number of imidazole rings is 1. The summed E-state index contributed by atoms with van der Waals surface area (Å²) in [5, 5.41) is 3.33. The highest BCUT2D eigenvalue weighted by Gasteiger charge is 2.32. The SMILES string of the molecule is Cn1cnc2c(NCC3(N)CCC3)nccc21. The second-order valence-corrected chi connectivity index (χ2v) is 4.95. The van der Waals surface area contributed by atoms with Gasteiger partial charge in [0.1, 0.15) is 5.52 Å². The Morgan fingerprint density at radius 2 is 2.29 bits per heavy atom. The van der Waals surface area contributed by atoms with E-state index in [0.29, 0.717) is 0 Å². The van der Waals surface area contributed by atoms with Crippen LogP contribution >= 0.6 is 0 Å². The molecule has 17 heavy (non-hydrogen) atoms. The summed E-state index contributed by atoms with van der Waals surface area (Å²) in [6.45, 7) is 0.773. The molecule has 1 aliphatic rings. The summed E-state index contributed by atoms with van der Waals surface area (Å²) in [5.41, 5.74) is 8.14. The van der Waals surface area contributed by atoms with Gasteiger partial charge in [-0.1, -0.05) is 0 Å². The van der Waals surface area contributed by atoms with Gasteiger partial charge in [0.05, 0.1) is 11.8 Å². The fourth-order valence-corrected chi connectivity index (χ4v) is 2.26. The fraction of sp³-hybridized carbons (Fsp3) is 0.500. The van der Waals surface area contributed by atoms with Crippen LogP contribution in [0.25, 0.3) is 11.0 Å². The fourth-order valence-electron chi connectivity index (χ4n) is 2.26. The van der Waals surface area contributed by atoms with Crippen molar-refractivity contribution in [1.29, 1.82) is 0 Å². The summed E-state index contributed by atoms with van der Waals surface area (Å²) in [7, 11) is 1.98. The Labute approximate surface area is 100 Å². The van der Waals surface area contributed by atoms with E-state index < -0.39 is 0 Å². The molecule has 1 aliphatic carbocycles. The van der Waals surface area contributed by atoms with Gasteiger partial charge >= 0.3 is 0 Å². The standard InChI is InChI=1S/C12H17N5/c1-17-8-16-10-9(17)3-6-14-11(10)15-7-12(13)4-2-5-12/h3,6,8H,2,4-5,7,13H2,1H3,(H,14,15). The van der Waals surface area contributed by atoms with Gasteiger partial charge in [-0.2, -0.15) is 0 Å². The van der Waals surface area contributed by atoms with Crippen LogP contribution in [0.1, 0.15) is 19.3 Å². The summed E-state index contributed by atoms with van der Waals surface area (Å²) < 4.78 is 1.99. The summed E-state index contributed by atoms with van der Waals surface area (Å²) in [5.74, 6) is 0.833. The molecule has 2 heterocycles. The van der Waals surface area contributed by atoms with Crippen LogP contribution in [0.3, 0.4) is 0 Å². The molecule has 3 rings (SSSR count).